The molecule has 4 rings (SSSR count). The second-order valence-electron chi connectivity index (χ2n) is 6.62. The lowest BCUT2D eigenvalue weighted by atomic mass is 10.1. The zero-order chi connectivity index (χ0) is 16.5. The van der Waals surface area contributed by atoms with E-state index in [4.69, 9.17) is 0 Å². The first-order valence-corrected chi connectivity index (χ1v) is 9.51. The molecule has 1 atom stereocenters. The Labute approximate surface area is 146 Å². The van der Waals surface area contributed by atoms with Crippen molar-refractivity contribution < 1.29 is 4.79 Å². The van der Waals surface area contributed by atoms with E-state index in [2.05, 4.69) is 14.8 Å². The highest BCUT2D eigenvalue weighted by Gasteiger charge is 2.33. The molecule has 2 aromatic rings. The molecule has 1 amide bonds. The van der Waals surface area contributed by atoms with Crippen molar-refractivity contribution in [2.45, 2.75) is 42.0 Å². The number of carbonyl (C=O) groups excluding carboxylic acids is 1. The molecule has 1 saturated heterocycles. The van der Waals surface area contributed by atoms with E-state index in [0.717, 1.165) is 42.5 Å². The summed E-state index contributed by atoms with van der Waals surface area (Å²) in [6, 6.07) is 10.0. The molecule has 0 radical (unpaired) electrons. The predicted octanol–water partition coefficient (Wildman–Crippen LogP) is 3.15. The summed E-state index contributed by atoms with van der Waals surface area (Å²) in [4.78, 5) is 15.1. The van der Waals surface area contributed by atoms with Crippen LogP contribution in [-0.4, -0.2) is 38.7 Å². The zero-order valence-electron chi connectivity index (χ0n) is 13.9. The van der Waals surface area contributed by atoms with Crippen LogP contribution in [0.25, 0.3) is 0 Å². The highest BCUT2D eigenvalue weighted by molar-refractivity contribution is 8.00. The Kier molecular flexibility index (Phi) is 4.31. The van der Waals surface area contributed by atoms with Crippen molar-refractivity contribution in [3.05, 3.63) is 41.7 Å². The fourth-order valence-corrected chi connectivity index (χ4v) is 4.32. The Hall–Kier alpha value is -1.82. The molecule has 1 aromatic carbocycles. The van der Waals surface area contributed by atoms with Crippen LogP contribution in [0.2, 0.25) is 0 Å². The molecule has 126 valence electrons. The van der Waals surface area contributed by atoms with Gasteiger partial charge in [0.05, 0.1) is 0 Å². The van der Waals surface area contributed by atoms with Crippen LogP contribution < -0.4 is 0 Å². The van der Waals surface area contributed by atoms with E-state index in [1.165, 1.54) is 24.6 Å². The number of likely N-dealkylation sites (tertiary alicyclic amines) is 1. The maximum Gasteiger partial charge on any atom is 0.240 e. The maximum atomic E-state index is 13.1. The van der Waals surface area contributed by atoms with Crippen molar-refractivity contribution in [2.75, 3.05) is 13.1 Å². The van der Waals surface area contributed by atoms with Crippen molar-refractivity contribution in [2.24, 2.45) is 7.05 Å². The summed E-state index contributed by atoms with van der Waals surface area (Å²) in [5, 5.41) is 9.29. The topological polar surface area (TPSA) is 51.0 Å². The lowest BCUT2D eigenvalue weighted by molar-refractivity contribution is -0.129. The van der Waals surface area contributed by atoms with Gasteiger partial charge in [0, 0.05) is 26.1 Å². The maximum absolute atomic E-state index is 13.1. The van der Waals surface area contributed by atoms with Crippen LogP contribution in [0, 0.1) is 0 Å². The first kappa shape index (κ1) is 15.7. The molecule has 0 bridgehead atoms. The number of rotatable bonds is 5. The second kappa shape index (κ2) is 6.59. The standard InChI is InChI=1S/C18H22N4OS/c1-21-16(14-9-10-14)19-20-18(21)24-15(13-7-3-2-4-8-13)17(23)22-11-5-6-12-22/h2-4,7-8,14-15H,5-6,9-12H2,1H3/t15-/m1/s1. The molecular weight excluding hydrogens is 320 g/mol. The third-order valence-electron chi connectivity index (χ3n) is 4.78. The average molecular weight is 342 g/mol. The van der Waals surface area contributed by atoms with Gasteiger partial charge in [-0.2, -0.15) is 0 Å². The normalized spacial score (nSPS) is 18.8. The fourth-order valence-electron chi connectivity index (χ4n) is 3.22. The Balaban J connectivity index is 1.61. The van der Waals surface area contributed by atoms with Gasteiger partial charge in [0.2, 0.25) is 5.91 Å². The molecule has 0 spiro atoms. The predicted molar refractivity (Wildman–Crippen MR) is 93.8 cm³/mol. The zero-order valence-corrected chi connectivity index (χ0v) is 14.7. The van der Waals surface area contributed by atoms with Gasteiger partial charge in [0.1, 0.15) is 11.1 Å². The highest BCUT2D eigenvalue weighted by Crippen LogP contribution is 2.42. The van der Waals surface area contributed by atoms with E-state index < -0.39 is 0 Å². The van der Waals surface area contributed by atoms with Crippen LogP contribution in [0.5, 0.6) is 0 Å². The van der Waals surface area contributed by atoms with Crippen LogP contribution in [0.4, 0.5) is 0 Å². The van der Waals surface area contributed by atoms with Gasteiger partial charge in [-0.25, -0.2) is 0 Å². The van der Waals surface area contributed by atoms with Crippen molar-refractivity contribution in [3.63, 3.8) is 0 Å². The number of carbonyl (C=O) groups is 1. The third kappa shape index (κ3) is 3.07. The van der Waals surface area contributed by atoms with Crippen LogP contribution in [0.3, 0.4) is 0 Å². The van der Waals surface area contributed by atoms with Gasteiger partial charge in [-0.05, 0) is 31.2 Å². The minimum atomic E-state index is -0.251. The molecule has 1 aromatic heterocycles. The van der Waals surface area contributed by atoms with Gasteiger partial charge in [0.15, 0.2) is 5.16 Å². The lowest BCUT2D eigenvalue weighted by Gasteiger charge is -2.22. The molecule has 24 heavy (non-hydrogen) atoms. The summed E-state index contributed by atoms with van der Waals surface area (Å²) in [6.45, 7) is 1.74. The molecule has 5 nitrogen and oxygen atoms in total. The van der Waals surface area contributed by atoms with Gasteiger partial charge in [-0.3, -0.25) is 4.79 Å². The average Bonchev–Trinajstić information content (AvgIpc) is 3.17. The van der Waals surface area contributed by atoms with Gasteiger partial charge in [-0.1, -0.05) is 42.1 Å². The monoisotopic (exact) mass is 342 g/mol. The van der Waals surface area contributed by atoms with E-state index in [9.17, 15) is 4.79 Å². The molecule has 1 aliphatic carbocycles. The SMILES string of the molecule is Cn1c(S[C@@H](C(=O)N2CCCC2)c2ccccc2)nnc1C1CC1. The van der Waals surface area contributed by atoms with Gasteiger partial charge in [-0.15, -0.1) is 10.2 Å². The number of nitrogens with zero attached hydrogens (tertiary/aromatic N) is 4. The summed E-state index contributed by atoms with van der Waals surface area (Å²) in [5.41, 5.74) is 1.04. The molecule has 2 aliphatic rings. The van der Waals surface area contributed by atoms with E-state index in [1.807, 2.05) is 42.3 Å². The first-order chi connectivity index (χ1) is 11.7. The minimum Gasteiger partial charge on any atom is -0.341 e. The summed E-state index contributed by atoms with van der Waals surface area (Å²) in [5.74, 6) is 1.80. The summed E-state index contributed by atoms with van der Waals surface area (Å²) >= 11 is 1.53. The van der Waals surface area contributed by atoms with E-state index in [-0.39, 0.29) is 11.2 Å². The van der Waals surface area contributed by atoms with E-state index >= 15 is 0 Å². The molecule has 1 aliphatic heterocycles. The number of hydrogen-bond donors (Lipinski definition) is 0. The van der Waals surface area contributed by atoms with E-state index in [0.29, 0.717) is 5.92 Å². The first-order valence-electron chi connectivity index (χ1n) is 8.63. The largest absolute Gasteiger partial charge is 0.341 e. The quantitative estimate of drug-likeness (QED) is 0.783. The Morgan fingerprint density at radius 3 is 2.54 bits per heavy atom. The Bertz CT molecular complexity index is 720. The summed E-state index contributed by atoms with van der Waals surface area (Å²) < 4.78 is 2.07. The van der Waals surface area contributed by atoms with Gasteiger partial charge >= 0.3 is 0 Å². The van der Waals surface area contributed by atoms with Crippen molar-refractivity contribution >= 4 is 17.7 Å². The van der Waals surface area contributed by atoms with Crippen LogP contribution in [0.1, 0.15) is 48.2 Å². The van der Waals surface area contributed by atoms with Crippen LogP contribution in [0.15, 0.2) is 35.5 Å². The Morgan fingerprint density at radius 1 is 1.17 bits per heavy atom. The lowest BCUT2D eigenvalue weighted by Crippen LogP contribution is -2.31. The van der Waals surface area contributed by atoms with Crippen molar-refractivity contribution in [1.82, 2.24) is 19.7 Å². The highest BCUT2D eigenvalue weighted by atomic mass is 32.2. The molecule has 2 heterocycles. The van der Waals surface area contributed by atoms with Crippen LogP contribution >= 0.6 is 11.8 Å². The summed E-state index contributed by atoms with van der Waals surface area (Å²) in [7, 11) is 2.01. The minimum absolute atomic E-state index is 0.194. The van der Waals surface area contributed by atoms with Crippen molar-refractivity contribution in [3.8, 4) is 0 Å². The smallest absolute Gasteiger partial charge is 0.240 e. The number of hydrogen-bond acceptors (Lipinski definition) is 4. The third-order valence-corrected chi connectivity index (χ3v) is 6.05. The number of benzene rings is 1. The Morgan fingerprint density at radius 2 is 1.88 bits per heavy atom. The molecule has 6 heteroatoms. The molecule has 1 saturated carbocycles. The molecule has 2 fully saturated rings. The molecule has 0 N–H and O–H groups in total. The van der Waals surface area contributed by atoms with Gasteiger partial charge < -0.3 is 9.47 Å². The van der Waals surface area contributed by atoms with Crippen molar-refractivity contribution in [1.29, 1.82) is 0 Å². The van der Waals surface area contributed by atoms with Crippen LogP contribution in [-0.2, 0) is 11.8 Å². The summed E-state index contributed by atoms with van der Waals surface area (Å²) in [6.07, 6.45) is 4.61. The second-order valence-corrected chi connectivity index (χ2v) is 7.69. The van der Waals surface area contributed by atoms with E-state index in [1.54, 1.807) is 0 Å². The number of thioether (sulfide) groups is 1. The number of amides is 1. The number of aromatic nitrogens is 3. The van der Waals surface area contributed by atoms with Gasteiger partial charge in [0.25, 0.3) is 0 Å². The molecule has 0 unspecified atom stereocenters. The molecular formula is C18H22N4OS. The fraction of sp³-hybridized carbons (Fsp3) is 0.500.